The maximum atomic E-state index is 12.0. The number of hydrogen-bond donors (Lipinski definition) is 1. The molecule has 1 aromatic carbocycles. The van der Waals surface area contributed by atoms with Gasteiger partial charge in [0.15, 0.2) is 0 Å². The summed E-state index contributed by atoms with van der Waals surface area (Å²) < 4.78 is 6.97. The van der Waals surface area contributed by atoms with Crippen LogP contribution in [0.2, 0.25) is 0 Å². The van der Waals surface area contributed by atoms with Crippen molar-refractivity contribution >= 4 is 5.91 Å². The van der Waals surface area contributed by atoms with E-state index in [2.05, 4.69) is 43.3 Å². The molecular weight excluding hydrogens is 302 g/mol. The maximum Gasteiger partial charge on any atom is 0.246 e. The minimum atomic E-state index is -0.0882. The number of carbonyl (C=O) groups is 1. The van der Waals surface area contributed by atoms with Gasteiger partial charge in [-0.2, -0.15) is 5.10 Å². The van der Waals surface area contributed by atoms with Crippen LogP contribution in [0, 0.1) is 12.3 Å². The number of para-hydroxylation sites is 1. The van der Waals surface area contributed by atoms with Gasteiger partial charge in [0.2, 0.25) is 5.91 Å². The summed E-state index contributed by atoms with van der Waals surface area (Å²) in [5.74, 6) is -0.0882. The molecule has 0 saturated carbocycles. The number of nitrogens with one attached hydrogen (secondary N) is 1. The van der Waals surface area contributed by atoms with Crippen LogP contribution in [0.15, 0.2) is 30.5 Å². The van der Waals surface area contributed by atoms with Crippen LogP contribution in [0.25, 0.3) is 5.69 Å². The normalized spacial score (nSPS) is 18.9. The minimum Gasteiger partial charge on any atom is -0.375 e. The number of ether oxygens (including phenoxy) is 1. The highest BCUT2D eigenvalue weighted by Crippen LogP contribution is 2.41. The average molecular weight is 327 g/mol. The Morgan fingerprint density at radius 2 is 2.17 bits per heavy atom. The van der Waals surface area contributed by atoms with Crippen molar-refractivity contribution < 1.29 is 9.53 Å². The fraction of sp³-hybridized carbons (Fsp3) is 0.474. The third kappa shape index (κ3) is 3.22. The number of aryl methyl sites for hydroxylation is 1. The van der Waals surface area contributed by atoms with Crippen LogP contribution in [0.4, 0.5) is 0 Å². The van der Waals surface area contributed by atoms with Crippen molar-refractivity contribution in [3.05, 3.63) is 47.3 Å². The SMILES string of the molecule is COCC(=O)NC1CC(C)(C)Cc2c1cnn2-c1ccccc1C. The topological polar surface area (TPSA) is 56.1 Å². The number of methoxy groups -OCH3 is 1. The predicted molar refractivity (Wildman–Crippen MR) is 93.2 cm³/mol. The fourth-order valence-corrected chi connectivity index (χ4v) is 3.55. The van der Waals surface area contributed by atoms with E-state index in [4.69, 9.17) is 4.74 Å². The summed E-state index contributed by atoms with van der Waals surface area (Å²) in [6, 6.07) is 8.22. The number of rotatable bonds is 4. The van der Waals surface area contributed by atoms with Gasteiger partial charge in [-0.25, -0.2) is 4.68 Å². The van der Waals surface area contributed by atoms with E-state index in [1.165, 1.54) is 18.4 Å². The molecule has 1 N–H and O–H groups in total. The number of carbonyl (C=O) groups excluding carboxylic acids is 1. The van der Waals surface area contributed by atoms with Gasteiger partial charge in [0.25, 0.3) is 0 Å². The Morgan fingerprint density at radius 1 is 1.42 bits per heavy atom. The highest BCUT2D eigenvalue weighted by molar-refractivity contribution is 5.77. The summed E-state index contributed by atoms with van der Waals surface area (Å²) in [4.78, 5) is 12.0. The first-order valence-electron chi connectivity index (χ1n) is 8.32. The first-order chi connectivity index (χ1) is 11.4. The highest BCUT2D eigenvalue weighted by Gasteiger charge is 2.36. The summed E-state index contributed by atoms with van der Waals surface area (Å²) >= 11 is 0. The summed E-state index contributed by atoms with van der Waals surface area (Å²) in [5, 5.41) is 7.73. The second-order valence-electron chi connectivity index (χ2n) is 7.34. The monoisotopic (exact) mass is 327 g/mol. The van der Waals surface area contributed by atoms with Crippen molar-refractivity contribution in [1.82, 2.24) is 15.1 Å². The molecule has 1 aliphatic carbocycles. The zero-order valence-corrected chi connectivity index (χ0v) is 14.8. The van der Waals surface area contributed by atoms with Crippen LogP contribution in [0.5, 0.6) is 0 Å². The summed E-state index contributed by atoms with van der Waals surface area (Å²) in [7, 11) is 1.53. The molecule has 0 radical (unpaired) electrons. The van der Waals surface area contributed by atoms with E-state index in [0.717, 1.165) is 24.1 Å². The Labute approximate surface area is 143 Å². The summed E-state index contributed by atoms with van der Waals surface area (Å²) in [6.07, 6.45) is 3.73. The van der Waals surface area contributed by atoms with Crippen LogP contribution in [-0.2, 0) is 16.0 Å². The predicted octanol–water partition coefficient (Wildman–Crippen LogP) is 2.96. The second-order valence-corrected chi connectivity index (χ2v) is 7.34. The third-order valence-corrected chi connectivity index (χ3v) is 4.63. The lowest BCUT2D eigenvalue weighted by Gasteiger charge is -2.36. The number of amides is 1. The Kier molecular flexibility index (Phi) is 4.45. The largest absolute Gasteiger partial charge is 0.375 e. The van der Waals surface area contributed by atoms with Gasteiger partial charge in [-0.1, -0.05) is 32.0 Å². The lowest BCUT2D eigenvalue weighted by atomic mass is 9.74. The van der Waals surface area contributed by atoms with Crippen LogP contribution in [-0.4, -0.2) is 29.4 Å². The van der Waals surface area contributed by atoms with Gasteiger partial charge in [0.05, 0.1) is 23.6 Å². The number of nitrogens with zero attached hydrogens (tertiary/aromatic N) is 2. The number of benzene rings is 1. The Hall–Kier alpha value is -2.14. The molecule has 0 saturated heterocycles. The molecule has 128 valence electrons. The highest BCUT2D eigenvalue weighted by atomic mass is 16.5. The van der Waals surface area contributed by atoms with Gasteiger partial charge in [-0.15, -0.1) is 0 Å². The van der Waals surface area contributed by atoms with E-state index in [9.17, 15) is 4.79 Å². The Bertz CT molecular complexity index is 749. The Balaban J connectivity index is 2.00. The molecule has 1 amide bonds. The van der Waals surface area contributed by atoms with Crippen molar-refractivity contribution in [3.8, 4) is 5.69 Å². The first kappa shape index (κ1) is 16.7. The van der Waals surface area contributed by atoms with Gasteiger partial charge < -0.3 is 10.1 Å². The summed E-state index contributed by atoms with van der Waals surface area (Å²) in [5.41, 5.74) is 4.67. The van der Waals surface area contributed by atoms with Gasteiger partial charge >= 0.3 is 0 Å². The molecule has 5 heteroatoms. The molecule has 24 heavy (non-hydrogen) atoms. The molecule has 5 nitrogen and oxygen atoms in total. The summed E-state index contributed by atoms with van der Waals surface area (Å²) in [6.45, 7) is 6.65. The third-order valence-electron chi connectivity index (χ3n) is 4.63. The molecule has 0 fully saturated rings. The molecule has 1 aliphatic rings. The minimum absolute atomic E-state index is 0.0239. The molecular formula is C19H25N3O2. The molecule has 3 rings (SSSR count). The Morgan fingerprint density at radius 3 is 2.88 bits per heavy atom. The molecule has 1 heterocycles. The molecule has 0 bridgehead atoms. The second kappa shape index (κ2) is 6.40. The first-order valence-corrected chi connectivity index (χ1v) is 8.32. The van der Waals surface area contributed by atoms with Gasteiger partial charge in [0, 0.05) is 12.7 Å². The van der Waals surface area contributed by atoms with Crippen molar-refractivity contribution in [2.24, 2.45) is 5.41 Å². The van der Waals surface area contributed by atoms with Crippen molar-refractivity contribution in [1.29, 1.82) is 0 Å². The van der Waals surface area contributed by atoms with Crippen LogP contribution >= 0.6 is 0 Å². The van der Waals surface area contributed by atoms with Gasteiger partial charge in [-0.3, -0.25) is 4.79 Å². The van der Waals surface area contributed by atoms with Gasteiger partial charge in [0.1, 0.15) is 6.61 Å². The van der Waals surface area contributed by atoms with Crippen molar-refractivity contribution in [3.63, 3.8) is 0 Å². The molecule has 0 aliphatic heterocycles. The van der Waals surface area contributed by atoms with E-state index in [-0.39, 0.29) is 24.0 Å². The zero-order chi connectivity index (χ0) is 17.3. The average Bonchev–Trinajstić information content (AvgIpc) is 2.90. The molecule has 1 atom stereocenters. The van der Waals surface area contributed by atoms with Crippen molar-refractivity contribution in [2.75, 3.05) is 13.7 Å². The van der Waals surface area contributed by atoms with E-state index >= 15 is 0 Å². The standard InChI is InChI=1S/C19H25N3O2/c1-13-7-5-6-8-16(13)22-17-10-19(2,3)9-15(14(17)11-20-22)21-18(23)12-24-4/h5-8,11,15H,9-10,12H2,1-4H3,(H,21,23). The molecule has 0 spiro atoms. The lowest BCUT2D eigenvalue weighted by Crippen LogP contribution is -2.38. The number of hydrogen-bond acceptors (Lipinski definition) is 3. The van der Waals surface area contributed by atoms with E-state index < -0.39 is 0 Å². The zero-order valence-electron chi connectivity index (χ0n) is 14.8. The fourth-order valence-electron chi connectivity index (χ4n) is 3.55. The maximum absolute atomic E-state index is 12.0. The molecule has 1 unspecified atom stereocenters. The van der Waals surface area contributed by atoms with Crippen LogP contribution in [0.1, 0.15) is 43.1 Å². The van der Waals surface area contributed by atoms with E-state index in [1.54, 1.807) is 0 Å². The van der Waals surface area contributed by atoms with Crippen molar-refractivity contribution in [2.45, 2.75) is 39.7 Å². The smallest absolute Gasteiger partial charge is 0.246 e. The molecule has 1 aromatic heterocycles. The number of fused-ring (bicyclic) bond motifs is 1. The van der Waals surface area contributed by atoms with Crippen LogP contribution in [0.3, 0.4) is 0 Å². The van der Waals surface area contributed by atoms with E-state index in [1.807, 2.05) is 23.0 Å². The number of aromatic nitrogens is 2. The quantitative estimate of drug-likeness (QED) is 0.939. The van der Waals surface area contributed by atoms with Crippen LogP contribution < -0.4 is 5.32 Å². The molecule has 2 aromatic rings. The van der Waals surface area contributed by atoms with E-state index in [0.29, 0.717) is 0 Å². The van der Waals surface area contributed by atoms with Gasteiger partial charge in [-0.05, 0) is 36.8 Å². The lowest BCUT2D eigenvalue weighted by molar-refractivity contribution is -0.125.